The minimum Gasteiger partial charge on any atom is -0.478 e. The van der Waals surface area contributed by atoms with E-state index in [2.05, 4.69) is 256 Å². The number of para-hydroxylation sites is 2. The van der Waals surface area contributed by atoms with Gasteiger partial charge in [-0.25, -0.2) is 0 Å². The van der Waals surface area contributed by atoms with Gasteiger partial charge in [0, 0.05) is 76.2 Å². The van der Waals surface area contributed by atoms with Crippen molar-refractivity contribution in [1.82, 2.24) is 9.80 Å². The summed E-state index contributed by atoms with van der Waals surface area (Å²) in [5.41, 5.74) is 14.5. The van der Waals surface area contributed by atoms with Crippen LogP contribution in [0.4, 0.5) is 11.4 Å². The SMILES string of the molecule is CCC(CC)(c1ccc(Cc2ccc(N3COc4ccccc4C3)cc2)cc1)N1COC2=C(C=CC(C)(CC3(C)C=CC4=C(C=C3)OCN(c3ccc(Cc5ccc(C(CC)(C(C)C)N6COc7ccccc7C6)cc5)cc3)C4)C=C2)C1. The minimum absolute atomic E-state index is 0.121. The molecular weight excluding hydrogens is 1010 g/mol. The normalized spacial score (nSPS) is 21.5. The summed E-state index contributed by atoms with van der Waals surface area (Å²) in [5, 5.41) is 0. The van der Waals surface area contributed by atoms with Crippen LogP contribution in [0.3, 0.4) is 0 Å². The van der Waals surface area contributed by atoms with E-state index < -0.39 is 0 Å². The Hall–Kier alpha value is -7.52. The van der Waals surface area contributed by atoms with Crippen LogP contribution < -0.4 is 19.3 Å². The first-order chi connectivity index (χ1) is 39.9. The Labute approximate surface area is 488 Å². The van der Waals surface area contributed by atoms with Crippen molar-refractivity contribution < 1.29 is 18.9 Å². The molecule has 0 spiro atoms. The molecule has 0 bridgehead atoms. The fourth-order valence-corrected chi connectivity index (χ4v) is 14.2. The molecule has 422 valence electrons. The zero-order chi connectivity index (χ0) is 56.5. The van der Waals surface area contributed by atoms with Gasteiger partial charge < -0.3 is 28.7 Å². The largest absolute Gasteiger partial charge is 0.478 e. The van der Waals surface area contributed by atoms with Gasteiger partial charge in [-0.3, -0.25) is 9.80 Å². The van der Waals surface area contributed by atoms with Gasteiger partial charge in [0.15, 0.2) is 13.5 Å². The number of anilines is 2. The van der Waals surface area contributed by atoms with Gasteiger partial charge in [0.25, 0.3) is 0 Å². The van der Waals surface area contributed by atoms with Crippen LogP contribution in [0.2, 0.25) is 0 Å². The summed E-state index contributed by atoms with van der Waals surface area (Å²) in [5.74, 6) is 4.36. The van der Waals surface area contributed by atoms with Crippen molar-refractivity contribution in [2.45, 2.75) is 111 Å². The summed E-state index contributed by atoms with van der Waals surface area (Å²) in [7, 11) is 0. The highest BCUT2D eigenvalue weighted by molar-refractivity contribution is 5.54. The van der Waals surface area contributed by atoms with Gasteiger partial charge >= 0.3 is 0 Å². The lowest BCUT2D eigenvalue weighted by atomic mass is 9.72. The number of nitrogens with zero attached hydrogens (tertiary/aromatic N) is 4. The highest BCUT2D eigenvalue weighted by atomic mass is 16.5. The van der Waals surface area contributed by atoms with Crippen LogP contribution in [0.1, 0.15) is 119 Å². The minimum atomic E-state index is -0.197. The van der Waals surface area contributed by atoms with Gasteiger partial charge in [0.05, 0.1) is 5.54 Å². The maximum Gasteiger partial charge on any atom is 0.161 e. The van der Waals surface area contributed by atoms with Gasteiger partial charge in [0.2, 0.25) is 0 Å². The van der Waals surface area contributed by atoms with Crippen LogP contribution in [0, 0.1) is 16.7 Å². The molecule has 6 aliphatic rings. The molecule has 0 amide bonds. The molecule has 0 aromatic heterocycles. The lowest BCUT2D eigenvalue weighted by molar-refractivity contribution is -0.0398. The van der Waals surface area contributed by atoms with E-state index in [1.165, 1.54) is 67.0 Å². The van der Waals surface area contributed by atoms with Crippen molar-refractivity contribution in [3.63, 3.8) is 0 Å². The first-order valence-electron chi connectivity index (χ1n) is 30.1. The molecule has 4 heterocycles. The van der Waals surface area contributed by atoms with E-state index in [4.69, 9.17) is 18.9 Å². The molecule has 6 aromatic rings. The molecule has 0 saturated heterocycles. The highest BCUT2D eigenvalue weighted by Gasteiger charge is 2.43. The zero-order valence-electron chi connectivity index (χ0n) is 49.4. The lowest BCUT2D eigenvalue weighted by Gasteiger charge is -2.48. The number of ether oxygens (including phenoxy) is 4. The second kappa shape index (κ2) is 23.0. The molecule has 0 radical (unpaired) electrons. The Morgan fingerprint density at radius 3 is 1.41 bits per heavy atom. The topological polar surface area (TPSA) is 49.9 Å². The Morgan fingerprint density at radius 2 is 0.878 bits per heavy atom. The maximum absolute atomic E-state index is 6.70. The number of fused-ring (bicyclic) bond motifs is 2. The van der Waals surface area contributed by atoms with Crippen LogP contribution in [0.5, 0.6) is 11.5 Å². The van der Waals surface area contributed by atoms with Crippen molar-refractivity contribution in [2.75, 3.05) is 49.8 Å². The molecular formula is C74H82N4O4. The third-order valence-corrected chi connectivity index (χ3v) is 19.0. The van der Waals surface area contributed by atoms with Crippen LogP contribution in [0.15, 0.2) is 217 Å². The summed E-state index contributed by atoms with van der Waals surface area (Å²) in [6, 6.07) is 53.6. The van der Waals surface area contributed by atoms with E-state index >= 15 is 0 Å². The second-order valence-electron chi connectivity index (χ2n) is 24.7. The summed E-state index contributed by atoms with van der Waals surface area (Å²) >= 11 is 0. The van der Waals surface area contributed by atoms with Gasteiger partial charge in [-0.1, -0.05) is 194 Å². The average Bonchev–Trinajstić information content (AvgIpc) is 3.88. The van der Waals surface area contributed by atoms with Crippen LogP contribution in [0.25, 0.3) is 0 Å². The molecule has 3 atom stereocenters. The third kappa shape index (κ3) is 11.0. The molecule has 12 rings (SSSR count). The zero-order valence-corrected chi connectivity index (χ0v) is 49.4. The highest BCUT2D eigenvalue weighted by Crippen LogP contribution is 2.46. The van der Waals surface area contributed by atoms with E-state index in [0.29, 0.717) is 32.8 Å². The fourth-order valence-electron chi connectivity index (χ4n) is 14.2. The van der Waals surface area contributed by atoms with Crippen LogP contribution in [-0.2, 0) is 46.5 Å². The van der Waals surface area contributed by atoms with Crippen LogP contribution >= 0.6 is 0 Å². The summed E-state index contributed by atoms with van der Waals surface area (Å²) in [6.45, 7) is 22.0. The van der Waals surface area contributed by atoms with Gasteiger partial charge in [-0.05, 0) is 126 Å². The first kappa shape index (κ1) is 55.0. The van der Waals surface area contributed by atoms with Gasteiger partial charge in [-0.15, -0.1) is 0 Å². The summed E-state index contributed by atoms with van der Waals surface area (Å²) in [6.07, 6.45) is 24.3. The molecule has 0 saturated carbocycles. The van der Waals surface area contributed by atoms with Crippen molar-refractivity contribution in [1.29, 1.82) is 0 Å². The molecule has 8 nitrogen and oxygen atoms in total. The number of rotatable bonds is 16. The number of hydrogen-bond acceptors (Lipinski definition) is 8. The molecule has 2 aliphatic carbocycles. The monoisotopic (exact) mass is 1090 g/mol. The Bertz CT molecular complexity index is 3440. The molecule has 0 N–H and O–H groups in total. The molecule has 6 aromatic carbocycles. The van der Waals surface area contributed by atoms with E-state index in [1.54, 1.807) is 0 Å². The standard InChI is InChI=1S/C74H82N4O4/c1-8-73(9-2,63-27-19-55(20-28-63)43-57-23-31-65(32-24-57)75-45-59-15-11-13-17-67(59)79-50-75)77-47-62-36-40-72(7,42-38-70(62)81-52-77)49-71(6)39-35-61-46-76(51-80-69(61)37-41-71)66-33-25-58(26-34-66)44-56-21-29-64(30-22-56)74(10-3,54(4)5)78-48-60-16-12-14-18-68(60)82-53-78/h11-42,54H,8-10,43-53H2,1-7H3. The quantitative estimate of drug-likeness (QED) is 0.0950. The first-order valence-corrected chi connectivity index (χ1v) is 30.1. The number of benzene rings is 6. The van der Waals surface area contributed by atoms with Crippen molar-refractivity contribution in [2.24, 2.45) is 16.7 Å². The smallest absolute Gasteiger partial charge is 0.161 e. The number of hydrogen-bond donors (Lipinski definition) is 0. The van der Waals surface area contributed by atoms with E-state index in [9.17, 15) is 0 Å². The molecule has 8 heteroatoms. The van der Waals surface area contributed by atoms with Crippen LogP contribution in [-0.4, -0.2) is 49.8 Å². The Balaban J connectivity index is 0.649. The predicted octanol–water partition coefficient (Wildman–Crippen LogP) is 16.3. The van der Waals surface area contributed by atoms with E-state index in [0.717, 1.165) is 87.7 Å². The Morgan fingerprint density at radius 1 is 0.439 bits per heavy atom. The average molecular weight is 1090 g/mol. The molecule has 3 unspecified atom stereocenters. The summed E-state index contributed by atoms with van der Waals surface area (Å²) < 4.78 is 25.5. The van der Waals surface area contributed by atoms with Gasteiger partial charge in [0.1, 0.15) is 36.5 Å². The Kier molecular flexibility index (Phi) is 15.5. The van der Waals surface area contributed by atoms with Gasteiger partial charge in [-0.2, -0.15) is 0 Å². The third-order valence-electron chi connectivity index (χ3n) is 19.0. The molecule has 82 heavy (non-hydrogen) atoms. The lowest BCUT2D eigenvalue weighted by Crippen LogP contribution is -2.52. The van der Waals surface area contributed by atoms with Crippen molar-refractivity contribution in [3.8, 4) is 11.5 Å². The predicted molar refractivity (Wildman–Crippen MR) is 333 cm³/mol. The number of allylic oxidation sites excluding steroid dienone is 6. The van der Waals surface area contributed by atoms with E-state index in [-0.39, 0.29) is 21.9 Å². The molecule has 0 fully saturated rings. The van der Waals surface area contributed by atoms with Crippen molar-refractivity contribution in [3.05, 3.63) is 261 Å². The summed E-state index contributed by atoms with van der Waals surface area (Å²) in [4.78, 5) is 9.72. The fraction of sp³-hybridized carbons (Fsp3) is 0.351. The van der Waals surface area contributed by atoms with Crippen molar-refractivity contribution >= 4 is 11.4 Å². The molecule has 4 aliphatic heterocycles. The maximum atomic E-state index is 6.70. The second-order valence-corrected chi connectivity index (χ2v) is 24.7. The van der Waals surface area contributed by atoms with E-state index in [1.807, 2.05) is 6.07 Å².